The van der Waals surface area contributed by atoms with Crippen LogP contribution in [0.4, 0.5) is 0 Å². The zero-order valence-corrected chi connectivity index (χ0v) is 13.0. The summed E-state index contributed by atoms with van der Waals surface area (Å²) in [6.45, 7) is 9.62. The average Bonchev–Trinajstić information content (AvgIpc) is 2.28. The first-order valence-corrected chi connectivity index (χ1v) is 8.60. The lowest BCUT2D eigenvalue weighted by molar-refractivity contribution is 0.343. The summed E-state index contributed by atoms with van der Waals surface area (Å²) in [6.07, 6.45) is 8.75. The summed E-state index contributed by atoms with van der Waals surface area (Å²) >= 11 is 0. The minimum atomic E-state index is -3.33. The Bertz CT molecular complexity index is 325. The molecule has 0 bridgehead atoms. The van der Waals surface area contributed by atoms with E-state index in [0.717, 1.165) is 31.1 Å². The molecule has 18 heavy (non-hydrogen) atoms. The summed E-state index contributed by atoms with van der Waals surface area (Å²) < 4.78 is 26.0. The minimum absolute atomic E-state index is 0.325. The van der Waals surface area contributed by atoms with Gasteiger partial charge in [-0.3, -0.25) is 0 Å². The summed E-state index contributed by atoms with van der Waals surface area (Å²) in [5.74, 6) is 0. The maximum absolute atomic E-state index is 11.6. The molecule has 0 aromatic heterocycles. The third kappa shape index (κ3) is 7.88. The quantitative estimate of drug-likeness (QED) is 0.580. The lowest BCUT2D eigenvalue weighted by Gasteiger charge is -2.29. The van der Waals surface area contributed by atoms with Crippen molar-refractivity contribution >= 4 is 10.0 Å². The van der Waals surface area contributed by atoms with E-state index in [-0.39, 0.29) is 5.54 Å². The van der Waals surface area contributed by atoms with E-state index in [9.17, 15) is 8.42 Å². The molecule has 0 fully saturated rings. The Morgan fingerprint density at radius 2 is 1.67 bits per heavy atom. The highest BCUT2D eigenvalue weighted by molar-refractivity contribution is 7.92. The van der Waals surface area contributed by atoms with Crippen LogP contribution in [0.3, 0.4) is 0 Å². The lowest BCUT2D eigenvalue weighted by Crippen LogP contribution is -2.44. The molecule has 0 saturated carbocycles. The van der Waals surface area contributed by atoms with Crippen LogP contribution in [0.15, 0.2) is 12.0 Å². The fraction of sp³-hybridized carbons (Fsp3) is 0.857. The molecule has 0 spiro atoms. The number of nitrogens with one attached hydrogen (secondary N) is 1. The van der Waals surface area contributed by atoms with Crippen LogP contribution in [0.25, 0.3) is 0 Å². The van der Waals surface area contributed by atoms with Gasteiger partial charge in [0.25, 0.3) is 0 Å². The van der Waals surface area contributed by atoms with Gasteiger partial charge in [-0.15, -0.1) is 0 Å². The largest absolute Gasteiger partial charge is 0.233 e. The summed E-state index contributed by atoms with van der Waals surface area (Å²) in [5.41, 5.74) is -0.325. The van der Waals surface area contributed by atoms with E-state index in [0.29, 0.717) is 0 Å². The molecule has 3 nitrogen and oxygen atoms in total. The van der Waals surface area contributed by atoms with Crippen molar-refractivity contribution in [1.29, 1.82) is 0 Å². The molecule has 1 N–H and O–H groups in total. The molecule has 0 radical (unpaired) electrons. The molecule has 0 rings (SSSR count). The zero-order chi connectivity index (χ0) is 14.1. The summed E-state index contributed by atoms with van der Waals surface area (Å²) in [6, 6.07) is 0. The standard InChI is InChI=1S/C14H29NO2S/c1-5-8-9-10-11-13-14(4,12-6-2)15-18(16,17)7-3/h7,15H,3,5-6,8-13H2,1-2,4H3. The molecule has 0 aliphatic heterocycles. The molecule has 0 aliphatic rings. The van der Waals surface area contributed by atoms with E-state index < -0.39 is 10.0 Å². The van der Waals surface area contributed by atoms with E-state index in [1.807, 2.05) is 6.92 Å². The van der Waals surface area contributed by atoms with Gasteiger partial charge in [-0.25, -0.2) is 13.1 Å². The Labute approximate surface area is 113 Å². The Kier molecular flexibility index (Phi) is 8.53. The van der Waals surface area contributed by atoms with Crippen molar-refractivity contribution in [2.75, 3.05) is 0 Å². The molecule has 0 aromatic rings. The van der Waals surface area contributed by atoms with E-state index in [1.165, 1.54) is 25.7 Å². The van der Waals surface area contributed by atoms with Gasteiger partial charge in [0.05, 0.1) is 0 Å². The molecule has 0 aliphatic carbocycles. The maximum atomic E-state index is 11.6. The molecular formula is C14H29NO2S. The van der Waals surface area contributed by atoms with Crippen molar-refractivity contribution in [3.8, 4) is 0 Å². The second kappa shape index (κ2) is 8.70. The number of unbranched alkanes of at least 4 members (excludes halogenated alkanes) is 4. The van der Waals surface area contributed by atoms with Gasteiger partial charge in [0.15, 0.2) is 0 Å². The monoisotopic (exact) mass is 275 g/mol. The Balaban J connectivity index is 4.30. The molecule has 0 heterocycles. The highest BCUT2D eigenvalue weighted by Crippen LogP contribution is 2.22. The summed E-state index contributed by atoms with van der Waals surface area (Å²) in [4.78, 5) is 0. The summed E-state index contributed by atoms with van der Waals surface area (Å²) in [7, 11) is -3.33. The zero-order valence-electron chi connectivity index (χ0n) is 12.2. The predicted molar refractivity (Wildman–Crippen MR) is 78.9 cm³/mol. The Hall–Kier alpha value is -0.350. The molecule has 108 valence electrons. The van der Waals surface area contributed by atoms with Crippen molar-refractivity contribution in [3.05, 3.63) is 12.0 Å². The van der Waals surface area contributed by atoms with Crippen LogP contribution in [0.2, 0.25) is 0 Å². The Morgan fingerprint density at radius 1 is 1.06 bits per heavy atom. The van der Waals surface area contributed by atoms with E-state index in [4.69, 9.17) is 0 Å². The van der Waals surface area contributed by atoms with Crippen LogP contribution in [0, 0.1) is 0 Å². The first-order chi connectivity index (χ1) is 8.39. The second-order valence-corrected chi connectivity index (χ2v) is 6.92. The van der Waals surface area contributed by atoms with Gasteiger partial charge >= 0.3 is 0 Å². The van der Waals surface area contributed by atoms with Gasteiger partial charge in [0.2, 0.25) is 10.0 Å². The van der Waals surface area contributed by atoms with E-state index in [1.54, 1.807) is 0 Å². The number of sulfonamides is 1. The predicted octanol–water partition coefficient (Wildman–Crippen LogP) is 3.97. The maximum Gasteiger partial charge on any atom is 0.233 e. The van der Waals surface area contributed by atoms with Gasteiger partial charge in [0, 0.05) is 10.9 Å². The van der Waals surface area contributed by atoms with Crippen LogP contribution in [-0.2, 0) is 10.0 Å². The lowest BCUT2D eigenvalue weighted by atomic mass is 9.90. The smallest absolute Gasteiger partial charge is 0.208 e. The Morgan fingerprint density at radius 3 is 2.17 bits per heavy atom. The minimum Gasteiger partial charge on any atom is -0.208 e. The first-order valence-electron chi connectivity index (χ1n) is 7.05. The number of hydrogen-bond donors (Lipinski definition) is 1. The fourth-order valence-corrected chi connectivity index (χ4v) is 3.26. The molecule has 1 atom stereocenters. The van der Waals surface area contributed by atoms with Gasteiger partial charge < -0.3 is 0 Å². The second-order valence-electron chi connectivity index (χ2n) is 5.29. The van der Waals surface area contributed by atoms with Crippen molar-refractivity contribution < 1.29 is 8.42 Å². The van der Waals surface area contributed by atoms with Gasteiger partial charge in [0.1, 0.15) is 0 Å². The van der Waals surface area contributed by atoms with Crippen molar-refractivity contribution in [1.82, 2.24) is 4.72 Å². The highest BCUT2D eigenvalue weighted by Gasteiger charge is 2.26. The number of hydrogen-bond acceptors (Lipinski definition) is 2. The average molecular weight is 275 g/mol. The third-order valence-corrected chi connectivity index (χ3v) is 4.46. The van der Waals surface area contributed by atoms with Crippen LogP contribution >= 0.6 is 0 Å². The van der Waals surface area contributed by atoms with Crippen molar-refractivity contribution in [2.45, 2.75) is 77.7 Å². The van der Waals surface area contributed by atoms with E-state index >= 15 is 0 Å². The van der Waals surface area contributed by atoms with Crippen LogP contribution < -0.4 is 4.72 Å². The van der Waals surface area contributed by atoms with Gasteiger partial charge in [-0.1, -0.05) is 59.0 Å². The van der Waals surface area contributed by atoms with Crippen molar-refractivity contribution in [2.24, 2.45) is 0 Å². The fourth-order valence-electron chi connectivity index (χ4n) is 2.28. The highest BCUT2D eigenvalue weighted by atomic mass is 32.2. The van der Waals surface area contributed by atoms with Crippen LogP contribution in [0.1, 0.15) is 72.1 Å². The SMILES string of the molecule is C=CS(=O)(=O)NC(C)(CCC)CCCCCCC. The van der Waals surface area contributed by atoms with Crippen molar-refractivity contribution in [3.63, 3.8) is 0 Å². The molecule has 4 heteroatoms. The van der Waals surface area contributed by atoms with E-state index in [2.05, 4.69) is 25.1 Å². The molecule has 0 aromatic carbocycles. The van der Waals surface area contributed by atoms with Crippen LogP contribution in [-0.4, -0.2) is 14.0 Å². The normalized spacial score (nSPS) is 15.3. The topological polar surface area (TPSA) is 46.2 Å². The van der Waals surface area contributed by atoms with Crippen LogP contribution in [0.5, 0.6) is 0 Å². The van der Waals surface area contributed by atoms with Gasteiger partial charge in [-0.2, -0.15) is 0 Å². The molecular weight excluding hydrogens is 246 g/mol. The third-order valence-electron chi connectivity index (χ3n) is 3.24. The first kappa shape index (κ1) is 17.6. The molecule has 0 amide bonds. The van der Waals surface area contributed by atoms with Gasteiger partial charge in [-0.05, 0) is 19.8 Å². The molecule has 1 unspecified atom stereocenters. The number of rotatable bonds is 11. The summed E-state index contributed by atoms with van der Waals surface area (Å²) in [5, 5.41) is 0.998. The molecule has 0 saturated heterocycles.